The van der Waals surface area contributed by atoms with Gasteiger partial charge in [0, 0.05) is 13.0 Å². The fourth-order valence-electron chi connectivity index (χ4n) is 3.28. The summed E-state index contributed by atoms with van der Waals surface area (Å²) in [6.07, 6.45) is 0.799. The number of ether oxygens (including phenoxy) is 4. The second-order valence-electron chi connectivity index (χ2n) is 6.61. The number of hydrogen-bond donors (Lipinski definition) is 0. The predicted octanol–water partition coefficient (Wildman–Crippen LogP) is 3.32. The normalized spacial score (nSPS) is 15.0. The quantitative estimate of drug-likeness (QED) is 0.698. The van der Waals surface area contributed by atoms with Crippen LogP contribution in [0.1, 0.15) is 18.9 Å². The van der Waals surface area contributed by atoms with Crippen molar-refractivity contribution in [1.82, 2.24) is 4.90 Å². The van der Waals surface area contributed by atoms with Crippen LogP contribution in [0.15, 0.2) is 42.5 Å². The average Bonchev–Trinajstić information content (AvgIpc) is 2.75. The van der Waals surface area contributed by atoms with Gasteiger partial charge in [0.2, 0.25) is 5.91 Å². The van der Waals surface area contributed by atoms with E-state index in [4.69, 9.17) is 18.9 Å². The Morgan fingerprint density at radius 2 is 1.93 bits per heavy atom. The van der Waals surface area contributed by atoms with Gasteiger partial charge in [-0.3, -0.25) is 4.79 Å². The van der Waals surface area contributed by atoms with E-state index in [2.05, 4.69) is 0 Å². The van der Waals surface area contributed by atoms with Crippen LogP contribution in [0, 0.1) is 0 Å². The van der Waals surface area contributed by atoms with Crippen LogP contribution in [0.5, 0.6) is 23.0 Å². The number of fused-ring (bicyclic) bond motifs is 1. The number of aryl methyl sites for hydroxylation is 1. The molecule has 6 heteroatoms. The van der Waals surface area contributed by atoms with E-state index in [1.807, 2.05) is 54.3 Å². The first-order chi connectivity index (χ1) is 13.6. The number of para-hydroxylation sites is 2. The largest absolute Gasteiger partial charge is 0.497 e. The maximum atomic E-state index is 12.8. The van der Waals surface area contributed by atoms with Gasteiger partial charge in [-0.15, -0.1) is 0 Å². The van der Waals surface area contributed by atoms with Crippen molar-refractivity contribution < 1.29 is 23.7 Å². The van der Waals surface area contributed by atoms with Gasteiger partial charge < -0.3 is 23.8 Å². The van der Waals surface area contributed by atoms with Crippen molar-refractivity contribution in [2.75, 3.05) is 33.9 Å². The number of methoxy groups -OCH3 is 2. The average molecular weight is 385 g/mol. The highest BCUT2D eigenvalue weighted by atomic mass is 16.6. The van der Waals surface area contributed by atoms with Crippen molar-refractivity contribution in [1.29, 1.82) is 0 Å². The summed E-state index contributed by atoms with van der Waals surface area (Å²) < 4.78 is 22.4. The molecule has 150 valence electrons. The zero-order valence-corrected chi connectivity index (χ0v) is 16.6. The van der Waals surface area contributed by atoms with Crippen molar-refractivity contribution in [2.24, 2.45) is 0 Å². The molecule has 1 atom stereocenters. The van der Waals surface area contributed by atoms with Crippen LogP contribution in [0.2, 0.25) is 0 Å². The van der Waals surface area contributed by atoms with Gasteiger partial charge in [0.1, 0.15) is 18.1 Å². The summed E-state index contributed by atoms with van der Waals surface area (Å²) in [6, 6.07) is 13.2. The summed E-state index contributed by atoms with van der Waals surface area (Å²) in [5.41, 5.74) is 0.956. The maximum Gasteiger partial charge on any atom is 0.223 e. The number of benzene rings is 2. The molecule has 0 aliphatic carbocycles. The molecule has 1 amide bonds. The first kappa shape index (κ1) is 19.9. The van der Waals surface area contributed by atoms with Gasteiger partial charge >= 0.3 is 0 Å². The number of likely N-dealkylation sites (N-methyl/N-ethyl adjacent to an activating group) is 1. The van der Waals surface area contributed by atoms with E-state index in [0.717, 1.165) is 28.6 Å². The minimum atomic E-state index is -0.176. The van der Waals surface area contributed by atoms with Crippen molar-refractivity contribution in [2.45, 2.75) is 25.9 Å². The summed E-state index contributed by atoms with van der Waals surface area (Å²) in [7, 11) is 3.25. The Kier molecular flexibility index (Phi) is 6.63. The van der Waals surface area contributed by atoms with E-state index in [1.165, 1.54) is 0 Å². The van der Waals surface area contributed by atoms with Crippen LogP contribution in [0.3, 0.4) is 0 Å². The Labute approximate surface area is 166 Å². The minimum absolute atomic E-state index is 0.0785. The van der Waals surface area contributed by atoms with Crippen molar-refractivity contribution in [3.05, 3.63) is 48.0 Å². The number of nitrogens with zero attached hydrogens (tertiary/aromatic N) is 1. The fraction of sp³-hybridized carbons (Fsp3) is 0.409. The monoisotopic (exact) mass is 385 g/mol. The maximum absolute atomic E-state index is 12.8. The van der Waals surface area contributed by atoms with Crippen LogP contribution in [-0.2, 0) is 11.2 Å². The third-order valence-corrected chi connectivity index (χ3v) is 4.82. The summed E-state index contributed by atoms with van der Waals surface area (Å²) in [5, 5.41) is 0. The van der Waals surface area contributed by atoms with Gasteiger partial charge in [-0.05, 0) is 49.2 Å². The Balaban J connectivity index is 1.59. The van der Waals surface area contributed by atoms with E-state index in [-0.39, 0.29) is 12.0 Å². The third-order valence-electron chi connectivity index (χ3n) is 4.82. The third kappa shape index (κ3) is 4.68. The lowest BCUT2D eigenvalue weighted by molar-refractivity contribution is -0.132. The Hall–Kier alpha value is -2.89. The molecular formula is C22H27NO5. The van der Waals surface area contributed by atoms with E-state index in [1.54, 1.807) is 14.2 Å². The molecule has 1 aliphatic heterocycles. The van der Waals surface area contributed by atoms with Gasteiger partial charge in [0.15, 0.2) is 17.6 Å². The van der Waals surface area contributed by atoms with E-state index < -0.39 is 0 Å². The van der Waals surface area contributed by atoms with Gasteiger partial charge in [0.25, 0.3) is 0 Å². The SMILES string of the molecule is CCN(CC1COc2ccccc2O1)C(=O)CCc1cc(OC)ccc1OC. The fourth-order valence-corrected chi connectivity index (χ4v) is 3.28. The highest BCUT2D eigenvalue weighted by Crippen LogP contribution is 2.31. The highest BCUT2D eigenvalue weighted by Gasteiger charge is 2.24. The van der Waals surface area contributed by atoms with E-state index in [0.29, 0.717) is 32.5 Å². The Bertz CT molecular complexity index is 807. The lowest BCUT2D eigenvalue weighted by atomic mass is 10.1. The molecule has 2 aromatic carbocycles. The molecule has 28 heavy (non-hydrogen) atoms. The highest BCUT2D eigenvalue weighted by molar-refractivity contribution is 5.76. The van der Waals surface area contributed by atoms with Crippen LogP contribution in [-0.4, -0.2) is 50.8 Å². The molecule has 2 aromatic rings. The van der Waals surface area contributed by atoms with Crippen molar-refractivity contribution >= 4 is 5.91 Å². The molecule has 3 rings (SSSR count). The van der Waals surface area contributed by atoms with E-state index in [9.17, 15) is 4.79 Å². The number of amides is 1. The lowest BCUT2D eigenvalue weighted by Crippen LogP contribution is -2.43. The van der Waals surface area contributed by atoms with Gasteiger partial charge in [0.05, 0.1) is 20.8 Å². The minimum Gasteiger partial charge on any atom is -0.497 e. The molecule has 0 saturated heterocycles. The smallest absolute Gasteiger partial charge is 0.223 e. The van der Waals surface area contributed by atoms with Crippen molar-refractivity contribution in [3.8, 4) is 23.0 Å². The summed E-state index contributed by atoms with van der Waals surface area (Å²) >= 11 is 0. The van der Waals surface area contributed by atoms with Crippen molar-refractivity contribution in [3.63, 3.8) is 0 Å². The molecular weight excluding hydrogens is 358 g/mol. The molecule has 0 fully saturated rings. The first-order valence-corrected chi connectivity index (χ1v) is 9.51. The number of hydrogen-bond acceptors (Lipinski definition) is 5. The Morgan fingerprint density at radius 1 is 1.14 bits per heavy atom. The lowest BCUT2D eigenvalue weighted by Gasteiger charge is -2.31. The van der Waals surface area contributed by atoms with Crippen LogP contribution in [0.4, 0.5) is 0 Å². The van der Waals surface area contributed by atoms with E-state index >= 15 is 0 Å². The predicted molar refractivity (Wildman–Crippen MR) is 106 cm³/mol. The number of carbonyl (C=O) groups excluding carboxylic acids is 1. The molecule has 1 unspecified atom stereocenters. The molecule has 1 heterocycles. The second kappa shape index (κ2) is 9.35. The number of rotatable bonds is 8. The van der Waals surface area contributed by atoms with Gasteiger partial charge in [-0.25, -0.2) is 0 Å². The van der Waals surface area contributed by atoms with Crippen LogP contribution >= 0.6 is 0 Å². The zero-order chi connectivity index (χ0) is 19.9. The molecule has 0 N–H and O–H groups in total. The standard InChI is InChI=1S/C22H27NO5/c1-4-23(14-18-15-27-20-7-5-6-8-21(20)28-18)22(24)12-9-16-13-17(25-2)10-11-19(16)26-3/h5-8,10-11,13,18H,4,9,12,14-15H2,1-3H3. The first-order valence-electron chi connectivity index (χ1n) is 9.51. The Morgan fingerprint density at radius 3 is 2.64 bits per heavy atom. The molecule has 1 aliphatic rings. The second-order valence-corrected chi connectivity index (χ2v) is 6.61. The summed E-state index contributed by atoms with van der Waals surface area (Å²) in [4.78, 5) is 14.6. The molecule has 0 aromatic heterocycles. The molecule has 0 spiro atoms. The number of carbonyl (C=O) groups is 1. The topological polar surface area (TPSA) is 57.2 Å². The summed E-state index contributed by atoms with van der Waals surface area (Å²) in [5.74, 6) is 3.07. The van der Waals surface area contributed by atoms with Gasteiger partial charge in [-0.2, -0.15) is 0 Å². The van der Waals surface area contributed by atoms with Crippen LogP contribution in [0.25, 0.3) is 0 Å². The molecule has 0 radical (unpaired) electrons. The summed E-state index contributed by atoms with van der Waals surface area (Å²) in [6.45, 7) is 3.53. The molecule has 0 saturated carbocycles. The van der Waals surface area contributed by atoms with Crippen LogP contribution < -0.4 is 18.9 Å². The molecule has 6 nitrogen and oxygen atoms in total. The molecule has 0 bridgehead atoms. The zero-order valence-electron chi connectivity index (χ0n) is 16.6. The van der Waals surface area contributed by atoms with Gasteiger partial charge in [-0.1, -0.05) is 12.1 Å².